The number of rotatable bonds is 11. The smallest absolute Gasteiger partial charge is 0.313 e. The second-order valence-electron chi connectivity index (χ2n) is 14.6. The van der Waals surface area contributed by atoms with Gasteiger partial charge in [0.2, 0.25) is 11.8 Å². The van der Waals surface area contributed by atoms with Gasteiger partial charge >= 0.3 is 5.97 Å². The first kappa shape index (κ1) is 39.2. The Bertz CT molecular complexity index is 1710. The first-order valence-electron chi connectivity index (χ1n) is 19.3. The normalized spacial score (nSPS) is 30.2. The Morgan fingerprint density at radius 3 is 2.37 bits per heavy atom. The van der Waals surface area contributed by atoms with Crippen molar-refractivity contribution in [1.29, 1.82) is 0 Å². The Morgan fingerprint density at radius 2 is 1.72 bits per heavy atom. The molecule has 0 unspecified atom stereocenters. The number of carbonyl (C=O) groups is 4. The molecule has 0 aromatic heterocycles. The lowest BCUT2D eigenvalue weighted by Gasteiger charge is -2.40. The quantitative estimate of drug-likeness (QED) is 0.257. The van der Waals surface area contributed by atoms with Crippen molar-refractivity contribution in [3.05, 3.63) is 84.5 Å². The van der Waals surface area contributed by atoms with E-state index in [2.05, 4.69) is 24.1 Å². The number of allylic oxidation sites excluding steroid dienone is 1. The van der Waals surface area contributed by atoms with Crippen molar-refractivity contribution in [2.24, 2.45) is 17.8 Å². The summed E-state index contributed by atoms with van der Waals surface area (Å²) < 4.78 is 18.5. The fraction of sp³-hybridized carbons (Fsp3) is 0.524. The highest BCUT2D eigenvalue weighted by Crippen LogP contribution is 2.57. The SMILES string of the molecule is CC[C@H](C)[C@H](CO)N1C(=O)[C@H]2[C@@H]3C(=O)O[C@H](c4ccccc4)[C@@H](COC)NC(=O)CC/C=C\CN(c4ccc(N(CC)CC)cc4)C(=O)[C@H]1[C@@]21C=C[C@@H]3O1. The second-order valence-corrected chi connectivity index (χ2v) is 14.6. The molecule has 3 amide bonds. The molecular formula is C42H54N4O8. The third kappa shape index (κ3) is 7.19. The van der Waals surface area contributed by atoms with Crippen molar-refractivity contribution >= 4 is 35.1 Å². The molecule has 2 saturated heterocycles. The molecule has 2 fully saturated rings. The number of aliphatic hydroxyl groups excluding tert-OH is 1. The number of cyclic esters (lactones) is 1. The number of nitrogens with zero attached hydrogens (tertiary/aromatic N) is 3. The van der Waals surface area contributed by atoms with E-state index in [9.17, 15) is 19.5 Å². The second kappa shape index (κ2) is 16.9. The topological polar surface area (TPSA) is 138 Å². The molecule has 6 rings (SSSR count). The fourth-order valence-electron chi connectivity index (χ4n) is 8.64. The number of amides is 3. The van der Waals surface area contributed by atoms with Gasteiger partial charge in [-0.2, -0.15) is 0 Å². The van der Waals surface area contributed by atoms with Crippen LogP contribution in [0.1, 0.15) is 58.6 Å². The Morgan fingerprint density at radius 1 is 1.00 bits per heavy atom. The molecule has 0 radical (unpaired) electrons. The van der Waals surface area contributed by atoms with E-state index in [1.807, 2.05) is 80.6 Å². The average Bonchev–Trinajstić information content (AvgIpc) is 3.83. The van der Waals surface area contributed by atoms with Crippen LogP contribution in [-0.4, -0.2) is 103 Å². The van der Waals surface area contributed by atoms with Crippen LogP contribution >= 0.6 is 0 Å². The molecule has 0 saturated carbocycles. The fourth-order valence-corrected chi connectivity index (χ4v) is 8.64. The van der Waals surface area contributed by atoms with Crippen molar-refractivity contribution in [2.75, 3.05) is 49.8 Å². The van der Waals surface area contributed by atoms with E-state index in [-0.39, 0.29) is 38.0 Å². The van der Waals surface area contributed by atoms with E-state index < -0.39 is 65.6 Å². The predicted octanol–water partition coefficient (Wildman–Crippen LogP) is 4.19. The van der Waals surface area contributed by atoms with Gasteiger partial charge in [-0.15, -0.1) is 0 Å². The van der Waals surface area contributed by atoms with Crippen molar-refractivity contribution in [2.45, 2.75) is 82.9 Å². The molecule has 2 N–H and O–H groups in total. The van der Waals surface area contributed by atoms with Crippen LogP contribution in [0, 0.1) is 17.8 Å². The number of methoxy groups -OCH3 is 1. The number of esters is 1. The highest BCUT2D eigenvalue weighted by atomic mass is 16.6. The van der Waals surface area contributed by atoms with Gasteiger partial charge in [-0.1, -0.05) is 74.9 Å². The van der Waals surface area contributed by atoms with Crippen LogP contribution in [0.15, 0.2) is 78.9 Å². The minimum atomic E-state index is -1.48. The van der Waals surface area contributed by atoms with Crippen LogP contribution < -0.4 is 15.1 Å². The molecule has 2 aromatic carbocycles. The van der Waals surface area contributed by atoms with Crippen molar-refractivity contribution in [3.8, 4) is 0 Å². The molecule has 4 heterocycles. The number of hydrogen-bond acceptors (Lipinski definition) is 9. The summed E-state index contributed by atoms with van der Waals surface area (Å²) in [6.45, 7) is 9.58. The first-order chi connectivity index (χ1) is 26.1. The molecule has 54 heavy (non-hydrogen) atoms. The molecule has 0 aliphatic carbocycles. The zero-order chi connectivity index (χ0) is 38.6. The molecule has 12 heteroatoms. The summed E-state index contributed by atoms with van der Waals surface area (Å²) in [5.74, 6) is -4.10. The van der Waals surface area contributed by atoms with Crippen LogP contribution in [-0.2, 0) is 33.4 Å². The van der Waals surface area contributed by atoms with E-state index >= 15 is 4.79 Å². The van der Waals surface area contributed by atoms with Crippen LogP contribution in [0.3, 0.4) is 0 Å². The zero-order valence-electron chi connectivity index (χ0n) is 31.9. The van der Waals surface area contributed by atoms with Gasteiger partial charge < -0.3 is 39.3 Å². The summed E-state index contributed by atoms with van der Waals surface area (Å²) in [5.41, 5.74) is 0.795. The predicted molar refractivity (Wildman–Crippen MR) is 204 cm³/mol. The number of benzene rings is 2. The van der Waals surface area contributed by atoms with Gasteiger partial charge in [0.15, 0.2) is 0 Å². The Hall–Kier alpha value is -4.52. The lowest BCUT2D eigenvalue weighted by Crippen LogP contribution is -2.59. The number of aliphatic hydroxyl groups is 1. The Balaban J connectivity index is 1.48. The van der Waals surface area contributed by atoms with Crippen LogP contribution in [0.2, 0.25) is 0 Å². The van der Waals surface area contributed by atoms with Crippen LogP contribution in [0.25, 0.3) is 0 Å². The maximum atomic E-state index is 15.3. The monoisotopic (exact) mass is 742 g/mol. The van der Waals surface area contributed by atoms with Gasteiger partial charge in [-0.05, 0) is 56.0 Å². The van der Waals surface area contributed by atoms with Gasteiger partial charge in [-0.25, -0.2) is 0 Å². The number of fused-ring (bicyclic) bond motifs is 2. The minimum absolute atomic E-state index is 0.0602. The summed E-state index contributed by atoms with van der Waals surface area (Å²) >= 11 is 0. The number of nitrogens with one attached hydrogen (secondary N) is 1. The molecule has 5 bridgehead atoms. The molecule has 9 atom stereocenters. The zero-order valence-corrected chi connectivity index (χ0v) is 31.9. The third-order valence-corrected chi connectivity index (χ3v) is 11.6. The maximum absolute atomic E-state index is 15.3. The van der Waals surface area contributed by atoms with Crippen molar-refractivity contribution in [3.63, 3.8) is 0 Å². The lowest BCUT2D eigenvalue weighted by atomic mass is 9.74. The molecule has 12 nitrogen and oxygen atoms in total. The van der Waals surface area contributed by atoms with E-state index in [0.717, 1.165) is 18.8 Å². The summed E-state index contributed by atoms with van der Waals surface area (Å²) in [7, 11) is 1.51. The largest absolute Gasteiger partial charge is 0.455 e. The van der Waals surface area contributed by atoms with Crippen LogP contribution in [0.5, 0.6) is 0 Å². The molecule has 4 aliphatic rings. The summed E-state index contributed by atoms with van der Waals surface area (Å²) in [5, 5.41) is 13.9. The minimum Gasteiger partial charge on any atom is -0.455 e. The van der Waals surface area contributed by atoms with Gasteiger partial charge in [-0.3, -0.25) is 19.2 Å². The molecule has 1 spiro atoms. The Labute approximate surface area is 318 Å². The number of anilines is 2. The number of hydrogen-bond donors (Lipinski definition) is 2. The van der Waals surface area contributed by atoms with Crippen LogP contribution in [0.4, 0.5) is 11.4 Å². The highest BCUT2D eigenvalue weighted by molar-refractivity contribution is 6.05. The standard InChI is InChI=1S/C42H54N4O8/c1-6-27(4)32(25-47)46-38-40(50)45(30-20-18-29(19-21-30)44(7-2)8-3)24-14-10-13-17-34(48)43-31(26-52-5)37(28-15-11-9-12-16-28)53-41(51)35-33-22-23-42(38,54-33)36(35)39(46)49/h9-12,14-16,18-23,27,31-33,35-38,47H,6-8,13,17,24-26H2,1-5H3,(H,43,48)/b14-10-/t27-,31+,32-,33-,35+,36+,37+,38-,42+/m0/s1. The Kier molecular flexibility index (Phi) is 12.2. The van der Waals surface area contributed by atoms with Crippen molar-refractivity contribution < 1.29 is 38.5 Å². The van der Waals surface area contributed by atoms with E-state index in [4.69, 9.17) is 14.2 Å². The van der Waals surface area contributed by atoms with Crippen molar-refractivity contribution in [1.82, 2.24) is 10.2 Å². The molecule has 4 aliphatic heterocycles. The summed E-state index contributed by atoms with van der Waals surface area (Å²) in [4.78, 5) is 63.5. The first-order valence-corrected chi connectivity index (χ1v) is 19.3. The number of ether oxygens (including phenoxy) is 3. The maximum Gasteiger partial charge on any atom is 0.313 e. The van der Waals surface area contributed by atoms with Gasteiger partial charge in [0.1, 0.15) is 23.7 Å². The summed E-state index contributed by atoms with van der Waals surface area (Å²) in [6.07, 6.45) is 6.66. The average molecular weight is 743 g/mol. The highest BCUT2D eigenvalue weighted by Gasteiger charge is 2.74. The number of likely N-dealkylation sites (tertiary alicyclic amines) is 1. The van der Waals surface area contributed by atoms with E-state index in [0.29, 0.717) is 24.1 Å². The third-order valence-electron chi connectivity index (χ3n) is 11.6. The molecular weight excluding hydrogens is 688 g/mol. The van der Waals surface area contributed by atoms with Gasteiger partial charge in [0.05, 0.1) is 37.3 Å². The summed E-state index contributed by atoms with van der Waals surface area (Å²) in [6, 6.07) is 14.2. The molecule has 2 aromatic rings. The lowest BCUT2D eigenvalue weighted by molar-refractivity contribution is -0.162. The van der Waals surface area contributed by atoms with E-state index in [1.54, 1.807) is 17.1 Å². The molecule has 290 valence electrons. The number of carbonyl (C=O) groups excluding carboxylic acids is 4. The van der Waals surface area contributed by atoms with E-state index in [1.165, 1.54) is 12.0 Å². The van der Waals surface area contributed by atoms with Gasteiger partial charge in [0.25, 0.3) is 5.91 Å². The van der Waals surface area contributed by atoms with Gasteiger partial charge in [0, 0.05) is 44.5 Å².